The molecule has 0 saturated carbocycles. The van der Waals surface area contributed by atoms with Gasteiger partial charge < -0.3 is 19.7 Å². The molecule has 8 nitrogen and oxygen atoms in total. The van der Waals surface area contributed by atoms with Crippen molar-refractivity contribution in [2.75, 3.05) is 26.9 Å². The number of rotatable bonds is 8. The molecule has 1 amide bonds. The summed E-state index contributed by atoms with van der Waals surface area (Å²) in [6.45, 7) is 3.60. The Bertz CT molecular complexity index is 1000. The third-order valence-corrected chi connectivity index (χ3v) is 7.02. The quantitative estimate of drug-likeness (QED) is 0.595. The maximum Gasteiger partial charge on any atom is 0.258 e. The van der Waals surface area contributed by atoms with E-state index in [2.05, 4.69) is 15.2 Å². The lowest BCUT2D eigenvalue weighted by molar-refractivity contribution is -0.127. The normalized spacial score (nSPS) is 25.1. The topological polar surface area (TPSA) is 96.7 Å². The molecule has 166 valence electrons. The van der Waals surface area contributed by atoms with Gasteiger partial charge in [0.25, 0.3) is 5.56 Å². The zero-order chi connectivity index (χ0) is 22.0. The molecule has 4 rings (SSSR count). The van der Waals surface area contributed by atoms with Crippen molar-refractivity contribution in [3.63, 3.8) is 0 Å². The van der Waals surface area contributed by atoms with Crippen LogP contribution < -0.4 is 10.9 Å². The van der Waals surface area contributed by atoms with E-state index >= 15 is 0 Å². The van der Waals surface area contributed by atoms with Crippen LogP contribution in [0.5, 0.6) is 0 Å². The summed E-state index contributed by atoms with van der Waals surface area (Å²) in [5, 5.41) is 16.1. The van der Waals surface area contributed by atoms with Gasteiger partial charge in [0.2, 0.25) is 5.91 Å². The van der Waals surface area contributed by atoms with Crippen LogP contribution in [0.2, 0.25) is 0 Å². The van der Waals surface area contributed by atoms with Gasteiger partial charge in [-0.25, -0.2) is 4.98 Å². The highest BCUT2D eigenvalue weighted by Gasteiger charge is 2.55. The number of nitrogens with zero attached hydrogens (tertiary/aromatic N) is 3. The Kier molecular flexibility index (Phi) is 6.66. The molecule has 9 heteroatoms. The largest absolute Gasteiger partial charge is 0.396 e. The second kappa shape index (κ2) is 9.44. The van der Waals surface area contributed by atoms with Crippen molar-refractivity contribution in [2.24, 2.45) is 11.8 Å². The third kappa shape index (κ3) is 3.98. The average Bonchev–Trinajstić information content (AvgIpc) is 3.34. The van der Waals surface area contributed by atoms with Crippen LogP contribution in [-0.2, 0) is 22.6 Å². The second-order valence-corrected chi connectivity index (χ2v) is 8.87. The molecule has 2 N–H and O–H groups in total. The summed E-state index contributed by atoms with van der Waals surface area (Å²) >= 11 is 1.57. The molecule has 0 radical (unpaired) electrons. The summed E-state index contributed by atoms with van der Waals surface area (Å²) in [6, 6.07) is 3.32. The van der Waals surface area contributed by atoms with Crippen LogP contribution in [-0.4, -0.2) is 58.4 Å². The first kappa shape index (κ1) is 21.9. The van der Waals surface area contributed by atoms with E-state index in [4.69, 9.17) is 4.74 Å². The summed E-state index contributed by atoms with van der Waals surface area (Å²) in [6.07, 6.45) is 5.42. The van der Waals surface area contributed by atoms with Gasteiger partial charge in [0.05, 0.1) is 25.1 Å². The van der Waals surface area contributed by atoms with Gasteiger partial charge in [-0.1, -0.05) is 12.2 Å². The zero-order valence-corrected chi connectivity index (χ0v) is 18.5. The minimum absolute atomic E-state index is 0.0587. The molecule has 4 atom stereocenters. The number of aliphatic hydroxyl groups excluding tert-OH is 1. The van der Waals surface area contributed by atoms with Crippen molar-refractivity contribution in [1.82, 2.24) is 19.8 Å². The number of hydrogen-bond donors (Lipinski definition) is 2. The lowest BCUT2D eigenvalue weighted by Crippen LogP contribution is -2.46. The van der Waals surface area contributed by atoms with Crippen molar-refractivity contribution in [2.45, 2.75) is 32.1 Å². The van der Waals surface area contributed by atoms with E-state index in [1.54, 1.807) is 35.3 Å². The van der Waals surface area contributed by atoms with E-state index in [0.29, 0.717) is 31.8 Å². The van der Waals surface area contributed by atoms with E-state index in [0.717, 1.165) is 10.7 Å². The number of carbonyl (C=O) groups excluding carboxylic acids is 1. The van der Waals surface area contributed by atoms with Gasteiger partial charge >= 0.3 is 0 Å². The van der Waals surface area contributed by atoms with E-state index < -0.39 is 5.92 Å². The maximum atomic E-state index is 13.2. The highest BCUT2D eigenvalue weighted by Crippen LogP contribution is 2.49. The fourth-order valence-electron chi connectivity index (χ4n) is 4.95. The SMILES string of the molecule is C/C=C/c1ccc2n(c1=O)C[C@H]1[C@H](CO)[C@@H](C(=O)NCCOC)[C@@H]2N1Cc1nccs1. The van der Waals surface area contributed by atoms with E-state index in [1.807, 2.05) is 30.5 Å². The number of fused-ring (bicyclic) bond motifs is 4. The Hall–Kier alpha value is -2.33. The maximum absolute atomic E-state index is 13.2. The van der Waals surface area contributed by atoms with E-state index in [9.17, 15) is 14.7 Å². The summed E-state index contributed by atoms with van der Waals surface area (Å²) in [5.41, 5.74) is 1.38. The van der Waals surface area contributed by atoms with Crippen LogP contribution in [0, 0.1) is 11.8 Å². The van der Waals surface area contributed by atoms with Gasteiger partial charge in [0, 0.05) is 61.6 Å². The van der Waals surface area contributed by atoms with Gasteiger partial charge in [0.1, 0.15) is 5.01 Å². The summed E-state index contributed by atoms with van der Waals surface area (Å²) in [4.78, 5) is 33.0. The molecule has 2 bridgehead atoms. The Morgan fingerprint density at radius 2 is 2.29 bits per heavy atom. The Morgan fingerprint density at radius 1 is 1.45 bits per heavy atom. The highest BCUT2D eigenvalue weighted by molar-refractivity contribution is 7.09. The minimum Gasteiger partial charge on any atom is -0.396 e. The first-order valence-corrected chi connectivity index (χ1v) is 11.4. The van der Waals surface area contributed by atoms with Gasteiger partial charge in [0.15, 0.2) is 0 Å². The van der Waals surface area contributed by atoms with Crippen molar-refractivity contribution >= 4 is 23.3 Å². The van der Waals surface area contributed by atoms with Crippen LogP contribution in [0.4, 0.5) is 0 Å². The summed E-state index contributed by atoms with van der Waals surface area (Å²) in [5.74, 6) is -0.865. The first-order valence-electron chi connectivity index (χ1n) is 10.5. The third-order valence-electron chi connectivity index (χ3n) is 6.26. The standard InChI is InChI=1S/C22H28N4O4S/c1-3-4-14-5-6-16-20-19(21(28)24-7-9-30-2)15(13-27)17(11-26(16)22(14)29)25(20)12-18-23-8-10-31-18/h3-6,8,10,15,17,19-20,27H,7,9,11-13H2,1-2H3,(H,24,28)/b4-3+/t15-,17-,19+,20+/m0/s1. The summed E-state index contributed by atoms with van der Waals surface area (Å²) in [7, 11) is 1.59. The molecule has 31 heavy (non-hydrogen) atoms. The van der Waals surface area contributed by atoms with Crippen molar-refractivity contribution < 1.29 is 14.6 Å². The molecule has 0 unspecified atom stereocenters. The number of hydrogen-bond acceptors (Lipinski definition) is 7. The van der Waals surface area contributed by atoms with Gasteiger partial charge in [-0.3, -0.25) is 14.5 Å². The van der Waals surface area contributed by atoms with Crippen LogP contribution >= 0.6 is 11.3 Å². The molecule has 2 aromatic rings. The van der Waals surface area contributed by atoms with Crippen LogP contribution in [0.3, 0.4) is 0 Å². The smallest absolute Gasteiger partial charge is 0.258 e. The molecule has 0 aliphatic carbocycles. The number of ether oxygens (including phenoxy) is 1. The van der Waals surface area contributed by atoms with Crippen molar-refractivity contribution in [3.05, 3.63) is 56.4 Å². The summed E-state index contributed by atoms with van der Waals surface area (Å²) < 4.78 is 6.85. The average molecular weight is 445 g/mol. The molecular weight excluding hydrogens is 416 g/mol. The predicted molar refractivity (Wildman–Crippen MR) is 119 cm³/mol. The number of amides is 1. The van der Waals surface area contributed by atoms with Gasteiger partial charge in [-0.05, 0) is 19.1 Å². The predicted octanol–water partition coefficient (Wildman–Crippen LogP) is 1.26. The Balaban J connectivity index is 1.77. The molecule has 4 heterocycles. The molecule has 1 saturated heterocycles. The van der Waals surface area contributed by atoms with Crippen LogP contribution in [0.1, 0.15) is 29.2 Å². The fraction of sp³-hybridized carbons (Fsp3) is 0.500. The van der Waals surface area contributed by atoms with Crippen LogP contribution in [0.15, 0.2) is 34.6 Å². The number of aliphatic hydroxyl groups is 1. The number of carbonyl (C=O) groups is 1. The minimum atomic E-state index is -0.465. The highest BCUT2D eigenvalue weighted by atomic mass is 32.1. The van der Waals surface area contributed by atoms with E-state index in [-0.39, 0.29) is 36.1 Å². The van der Waals surface area contributed by atoms with Crippen molar-refractivity contribution in [3.8, 4) is 0 Å². The first-order chi connectivity index (χ1) is 15.1. The number of pyridine rings is 1. The molecule has 0 aromatic carbocycles. The van der Waals surface area contributed by atoms with Crippen molar-refractivity contribution in [1.29, 1.82) is 0 Å². The molecular formula is C22H28N4O4S. The fourth-order valence-corrected chi connectivity index (χ4v) is 5.57. The van der Waals surface area contributed by atoms with Crippen LogP contribution in [0.25, 0.3) is 6.08 Å². The molecule has 0 spiro atoms. The second-order valence-electron chi connectivity index (χ2n) is 7.90. The number of aromatic nitrogens is 2. The zero-order valence-electron chi connectivity index (χ0n) is 17.7. The number of methoxy groups -OCH3 is 1. The number of nitrogens with one attached hydrogen (secondary N) is 1. The van der Waals surface area contributed by atoms with Gasteiger partial charge in [-0.15, -0.1) is 11.3 Å². The monoisotopic (exact) mass is 444 g/mol. The number of thiazole rings is 1. The Morgan fingerprint density at radius 3 is 2.97 bits per heavy atom. The van der Waals surface area contributed by atoms with Gasteiger partial charge in [-0.2, -0.15) is 0 Å². The molecule has 1 fully saturated rings. The Labute approximate surface area is 185 Å². The molecule has 2 aliphatic heterocycles. The molecule has 2 aromatic heterocycles. The van der Waals surface area contributed by atoms with E-state index in [1.165, 1.54) is 0 Å². The molecule has 2 aliphatic rings. The number of allylic oxidation sites excluding steroid dienone is 1. The lowest BCUT2D eigenvalue weighted by atomic mass is 9.86. The lowest BCUT2D eigenvalue weighted by Gasteiger charge is -2.37.